The molecule has 1 heterocycles. The molecule has 5 heteroatoms. The molecule has 1 amide bonds. The second-order valence-electron chi connectivity index (χ2n) is 6.96. The molecule has 1 unspecified atom stereocenters. The average Bonchev–Trinajstić information content (AvgIpc) is 2.82. The van der Waals surface area contributed by atoms with E-state index in [-0.39, 0.29) is 36.1 Å². The van der Waals surface area contributed by atoms with Gasteiger partial charge in [0.05, 0.1) is 5.57 Å². The number of allylic oxidation sites excluding steroid dienone is 1. The van der Waals surface area contributed by atoms with Crippen molar-refractivity contribution in [2.45, 2.75) is 63.9 Å². The van der Waals surface area contributed by atoms with Gasteiger partial charge in [-0.15, -0.1) is 0 Å². The van der Waals surface area contributed by atoms with Gasteiger partial charge in [-0.2, -0.15) is 0 Å². The van der Waals surface area contributed by atoms with Crippen LogP contribution in [0.5, 0.6) is 5.75 Å². The predicted molar refractivity (Wildman–Crippen MR) is 93.9 cm³/mol. The van der Waals surface area contributed by atoms with Gasteiger partial charge in [0.15, 0.2) is 0 Å². The van der Waals surface area contributed by atoms with Crippen molar-refractivity contribution < 1.29 is 19.4 Å². The number of esters is 1. The maximum Gasteiger partial charge on any atom is 0.336 e. The summed E-state index contributed by atoms with van der Waals surface area (Å²) < 4.78 is 5.79. The fraction of sp³-hybridized carbons (Fsp3) is 0.500. The number of carbonyl (C=O) groups excluding carboxylic acids is 2. The molecule has 1 aliphatic carbocycles. The molecule has 1 aromatic rings. The molecule has 0 spiro atoms. The Balaban J connectivity index is 1.85. The van der Waals surface area contributed by atoms with Crippen molar-refractivity contribution in [3.8, 4) is 5.75 Å². The number of phenolic OH excluding ortho intramolecular Hbond substituents is 1. The Morgan fingerprint density at radius 3 is 2.60 bits per heavy atom. The van der Waals surface area contributed by atoms with Crippen LogP contribution in [0, 0.1) is 0 Å². The molecule has 2 N–H and O–H groups in total. The Bertz CT molecular complexity index is 687. The SMILES string of the molecule is CC1=C(C(=O)OC2CCCCCC2)C(c2cccc(O)c2)CC(=O)N1. The lowest BCUT2D eigenvalue weighted by atomic mass is 9.84. The standard InChI is InChI=1S/C20H25NO4/c1-13-19(20(24)25-16-9-4-2-3-5-10-16)17(12-18(23)21-13)14-7-6-8-15(22)11-14/h6-8,11,16-17,22H,2-5,9-10,12H2,1H3,(H,21,23). The van der Waals surface area contributed by atoms with E-state index in [4.69, 9.17) is 4.74 Å². The zero-order chi connectivity index (χ0) is 17.8. The van der Waals surface area contributed by atoms with Crippen LogP contribution in [0.25, 0.3) is 0 Å². The first-order valence-electron chi connectivity index (χ1n) is 9.05. The first kappa shape index (κ1) is 17.5. The van der Waals surface area contributed by atoms with Crippen LogP contribution < -0.4 is 5.32 Å². The monoisotopic (exact) mass is 343 g/mol. The van der Waals surface area contributed by atoms with Crippen LogP contribution >= 0.6 is 0 Å². The zero-order valence-corrected chi connectivity index (χ0v) is 14.6. The fourth-order valence-corrected chi connectivity index (χ4v) is 3.77. The summed E-state index contributed by atoms with van der Waals surface area (Å²) in [7, 11) is 0. The van der Waals surface area contributed by atoms with E-state index in [0.717, 1.165) is 31.2 Å². The van der Waals surface area contributed by atoms with Gasteiger partial charge in [0.1, 0.15) is 11.9 Å². The minimum absolute atomic E-state index is 0.0437. The summed E-state index contributed by atoms with van der Waals surface area (Å²) in [6.45, 7) is 1.73. The summed E-state index contributed by atoms with van der Waals surface area (Å²) in [4.78, 5) is 24.9. The minimum Gasteiger partial charge on any atom is -0.508 e. The second kappa shape index (κ2) is 7.72. The molecule has 0 aromatic heterocycles. The van der Waals surface area contributed by atoms with Gasteiger partial charge in [0, 0.05) is 18.0 Å². The van der Waals surface area contributed by atoms with E-state index in [9.17, 15) is 14.7 Å². The molecule has 0 saturated heterocycles. The summed E-state index contributed by atoms with van der Waals surface area (Å²) in [5, 5.41) is 12.5. The third-order valence-corrected chi connectivity index (χ3v) is 5.04. The Morgan fingerprint density at radius 1 is 1.20 bits per heavy atom. The van der Waals surface area contributed by atoms with Crippen LogP contribution in [0.4, 0.5) is 0 Å². The lowest BCUT2D eigenvalue weighted by Gasteiger charge is -2.28. The van der Waals surface area contributed by atoms with Gasteiger partial charge in [0.2, 0.25) is 5.91 Å². The van der Waals surface area contributed by atoms with Crippen molar-refractivity contribution in [1.82, 2.24) is 5.32 Å². The molecule has 0 bridgehead atoms. The Hall–Kier alpha value is -2.30. The van der Waals surface area contributed by atoms with Gasteiger partial charge in [-0.3, -0.25) is 4.79 Å². The number of ether oxygens (including phenoxy) is 1. The minimum atomic E-state index is -0.390. The maximum atomic E-state index is 12.9. The zero-order valence-electron chi connectivity index (χ0n) is 14.6. The van der Waals surface area contributed by atoms with Gasteiger partial charge >= 0.3 is 5.97 Å². The number of rotatable bonds is 3. The van der Waals surface area contributed by atoms with E-state index in [2.05, 4.69) is 5.32 Å². The highest BCUT2D eigenvalue weighted by Gasteiger charge is 2.34. The molecular weight excluding hydrogens is 318 g/mol. The van der Waals surface area contributed by atoms with Crippen LogP contribution in [-0.2, 0) is 14.3 Å². The van der Waals surface area contributed by atoms with Crippen molar-refractivity contribution in [2.24, 2.45) is 0 Å². The molecule has 0 radical (unpaired) electrons. The number of hydrogen-bond donors (Lipinski definition) is 2. The molecular formula is C20H25NO4. The highest BCUT2D eigenvalue weighted by Crippen LogP contribution is 2.35. The molecule has 25 heavy (non-hydrogen) atoms. The molecule has 1 fully saturated rings. The summed E-state index contributed by atoms with van der Waals surface area (Å²) in [6, 6.07) is 6.73. The van der Waals surface area contributed by atoms with Gasteiger partial charge in [-0.25, -0.2) is 4.79 Å². The number of benzene rings is 1. The Kier molecular flexibility index (Phi) is 5.41. The molecule has 134 valence electrons. The number of phenols is 1. The Labute approximate surface area is 148 Å². The van der Waals surface area contributed by atoms with Crippen molar-refractivity contribution in [3.05, 3.63) is 41.1 Å². The summed E-state index contributed by atoms with van der Waals surface area (Å²) in [6.07, 6.45) is 6.50. The van der Waals surface area contributed by atoms with Gasteiger partial charge in [0.25, 0.3) is 0 Å². The van der Waals surface area contributed by atoms with E-state index in [0.29, 0.717) is 11.3 Å². The largest absolute Gasteiger partial charge is 0.508 e. The molecule has 1 aromatic carbocycles. The first-order chi connectivity index (χ1) is 12.0. The highest BCUT2D eigenvalue weighted by atomic mass is 16.5. The van der Waals surface area contributed by atoms with Gasteiger partial charge in [-0.05, 0) is 50.3 Å². The van der Waals surface area contributed by atoms with Crippen LogP contribution in [-0.4, -0.2) is 23.1 Å². The summed E-state index contributed by atoms with van der Waals surface area (Å²) in [5.74, 6) is -0.744. The van der Waals surface area contributed by atoms with Crippen LogP contribution in [0.2, 0.25) is 0 Å². The highest BCUT2D eigenvalue weighted by molar-refractivity contribution is 5.95. The first-order valence-corrected chi connectivity index (χ1v) is 9.05. The molecule has 1 saturated carbocycles. The lowest BCUT2D eigenvalue weighted by molar-refractivity contribution is -0.145. The lowest BCUT2D eigenvalue weighted by Crippen LogP contribution is -2.35. The molecule has 2 aliphatic rings. The van der Waals surface area contributed by atoms with E-state index in [1.165, 1.54) is 12.8 Å². The summed E-state index contributed by atoms with van der Waals surface area (Å²) in [5.41, 5.74) is 1.79. The van der Waals surface area contributed by atoms with Crippen molar-refractivity contribution in [2.75, 3.05) is 0 Å². The molecule has 3 rings (SSSR count). The van der Waals surface area contributed by atoms with E-state index in [1.54, 1.807) is 25.1 Å². The van der Waals surface area contributed by atoms with Crippen LogP contribution in [0.3, 0.4) is 0 Å². The van der Waals surface area contributed by atoms with Gasteiger partial charge in [-0.1, -0.05) is 25.0 Å². The van der Waals surface area contributed by atoms with E-state index >= 15 is 0 Å². The predicted octanol–water partition coefficient (Wildman–Crippen LogP) is 3.54. The fourth-order valence-electron chi connectivity index (χ4n) is 3.77. The van der Waals surface area contributed by atoms with Crippen molar-refractivity contribution in [3.63, 3.8) is 0 Å². The molecule has 1 atom stereocenters. The van der Waals surface area contributed by atoms with Crippen LogP contribution in [0.1, 0.15) is 63.4 Å². The maximum absolute atomic E-state index is 12.9. The normalized spacial score (nSPS) is 22.3. The number of nitrogens with one attached hydrogen (secondary N) is 1. The van der Waals surface area contributed by atoms with Crippen LogP contribution in [0.15, 0.2) is 35.5 Å². The third-order valence-electron chi connectivity index (χ3n) is 5.04. The summed E-state index contributed by atoms with van der Waals surface area (Å²) >= 11 is 0. The van der Waals surface area contributed by atoms with E-state index < -0.39 is 0 Å². The van der Waals surface area contributed by atoms with E-state index in [1.807, 2.05) is 6.07 Å². The number of aromatic hydroxyl groups is 1. The van der Waals surface area contributed by atoms with Gasteiger partial charge < -0.3 is 15.2 Å². The second-order valence-corrected chi connectivity index (χ2v) is 6.96. The quantitative estimate of drug-likeness (QED) is 0.650. The number of hydrogen-bond acceptors (Lipinski definition) is 4. The van der Waals surface area contributed by atoms with Crippen molar-refractivity contribution in [1.29, 1.82) is 0 Å². The topological polar surface area (TPSA) is 75.6 Å². The molecule has 1 aliphatic heterocycles. The average molecular weight is 343 g/mol. The third kappa shape index (κ3) is 4.21. The smallest absolute Gasteiger partial charge is 0.336 e. The Morgan fingerprint density at radius 2 is 1.92 bits per heavy atom. The molecule has 5 nitrogen and oxygen atoms in total. The number of amides is 1. The van der Waals surface area contributed by atoms with Crippen molar-refractivity contribution >= 4 is 11.9 Å². The number of carbonyl (C=O) groups is 2.